The van der Waals surface area contributed by atoms with Crippen LogP contribution in [0.1, 0.15) is 41.6 Å². The summed E-state index contributed by atoms with van der Waals surface area (Å²) in [5.74, 6) is 0.229. The van der Waals surface area contributed by atoms with Gasteiger partial charge in [-0.05, 0) is 68.1 Å². The van der Waals surface area contributed by atoms with E-state index < -0.39 is 12.4 Å². The number of urea groups is 1. The van der Waals surface area contributed by atoms with Crippen molar-refractivity contribution in [3.05, 3.63) is 106 Å². The van der Waals surface area contributed by atoms with Gasteiger partial charge in [-0.3, -0.25) is 4.57 Å². The minimum atomic E-state index is -4.75. The van der Waals surface area contributed by atoms with Gasteiger partial charge >= 0.3 is 12.4 Å². The first-order valence-electron chi connectivity index (χ1n) is 14.0. The Morgan fingerprint density at radius 3 is 2.34 bits per heavy atom. The molecule has 44 heavy (non-hydrogen) atoms. The third-order valence-corrected chi connectivity index (χ3v) is 8.14. The maximum atomic E-state index is 12.9. The van der Waals surface area contributed by atoms with Crippen molar-refractivity contribution in [2.75, 3.05) is 6.54 Å². The number of ether oxygens (including phenoxy) is 1. The van der Waals surface area contributed by atoms with Crippen molar-refractivity contribution in [3.8, 4) is 28.5 Å². The molecule has 1 unspecified atom stereocenters. The smallest absolute Gasteiger partial charge is 0.406 e. The molecule has 0 bridgehead atoms. The molecule has 0 radical (unpaired) electrons. The number of rotatable bonds is 8. The highest BCUT2D eigenvalue weighted by Gasteiger charge is 2.31. The summed E-state index contributed by atoms with van der Waals surface area (Å²) in [6.45, 7) is 8.59. The fraction of sp³-hybridized carbons (Fsp3) is 0.250. The van der Waals surface area contributed by atoms with Crippen molar-refractivity contribution in [2.45, 2.75) is 46.4 Å². The van der Waals surface area contributed by atoms with Crippen LogP contribution in [0.25, 0.3) is 22.8 Å². The molecular weight excluding hydrogens is 589 g/mol. The van der Waals surface area contributed by atoms with E-state index in [0.29, 0.717) is 22.9 Å². The lowest BCUT2D eigenvalue weighted by Gasteiger charge is -2.16. The Bertz CT molecular complexity index is 1800. The number of alkyl halides is 3. The molecular formula is C32H31F3N6O2S. The van der Waals surface area contributed by atoms with Gasteiger partial charge in [-0.25, -0.2) is 14.5 Å². The molecule has 0 fully saturated rings. The number of nitrogens with zero attached hydrogens (tertiary/aromatic N) is 5. The molecule has 8 nitrogen and oxygen atoms in total. The Kier molecular flexibility index (Phi) is 9.00. The molecule has 2 heterocycles. The number of aromatic nitrogens is 4. The first-order chi connectivity index (χ1) is 21.0. The van der Waals surface area contributed by atoms with Gasteiger partial charge in [0.1, 0.15) is 12.1 Å². The van der Waals surface area contributed by atoms with E-state index in [1.54, 1.807) is 0 Å². The molecule has 0 saturated heterocycles. The van der Waals surface area contributed by atoms with Crippen LogP contribution in [-0.2, 0) is 0 Å². The second kappa shape index (κ2) is 12.9. The average molecular weight is 621 g/mol. The van der Waals surface area contributed by atoms with Gasteiger partial charge in [-0.15, -0.1) is 29.6 Å². The number of amides is 2. The number of benzene rings is 3. The minimum absolute atomic E-state index is 0.0713. The summed E-state index contributed by atoms with van der Waals surface area (Å²) in [4.78, 5) is 22.3. The maximum absolute atomic E-state index is 12.9. The van der Waals surface area contributed by atoms with E-state index in [9.17, 15) is 18.0 Å². The summed E-state index contributed by atoms with van der Waals surface area (Å²) in [5.41, 5.74) is 6.64. The number of carbonyl (C=O) groups excluding carboxylic acids is 1. The molecule has 0 spiro atoms. The zero-order chi connectivity index (χ0) is 31.4. The lowest BCUT2D eigenvalue weighted by molar-refractivity contribution is -0.274. The molecule has 0 aliphatic heterocycles. The average Bonchev–Trinajstić information content (AvgIpc) is 3.61. The molecule has 2 amide bonds. The SMILES string of the molecule is CCC(CNC(=O)/N=c1\scc(C)n1-c1c(C)cccc1C)c1ccc(-c2ncn(-c3ccc(OC(F)(F)F)cc3)n2)cc1. The van der Waals surface area contributed by atoms with E-state index in [1.807, 2.05) is 73.2 Å². The zero-order valence-electron chi connectivity index (χ0n) is 24.6. The van der Waals surface area contributed by atoms with Gasteiger partial charge in [0.05, 0.1) is 11.4 Å². The van der Waals surface area contributed by atoms with Crippen LogP contribution in [0, 0.1) is 20.8 Å². The molecule has 1 atom stereocenters. The quantitative estimate of drug-likeness (QED) is 0.196. The van der Waals surface area contributed by atoms with Crippen LogP contribution in [0.5, 0.6) is 5.75 Å². The number of carbonyl (C=O) groups is 1. The first kappa shape index (κ1) is 30.7. The number of hydrogen-bond donors (Lipinski definition) is 1. The van der Waals surface area contributed by atoms with Crippen LogP contribution in [0.15, 0.2) is 83.4 Å². The van der Waals surface area contributed by atoms with Gasteiger partial charge in [0.25, 0.3) is 0 Å². The van der Waals surface area contributed by atoms with E-state index in [4.69, 9.17) is 0 Å². The Hall–Kier alpha value is -4.71. The van der Waals surface area contributed by atoms with Crippen LogP contribution >= 0.6 is 11.3 Å². The summed E-state index contributed by atoms with van der Waals surface area (Å²) < 4.78 is 44.7. The van der Waals surface area contributed by atoms with Crippen LogP contribution in [0.4, 0.5) is 18.0 Å². The zero-order valence-corrected chi connectivity index (χ0v) is 25.4. The second-order valence-electron chi connectivity index (χ2n) is 10.3. The van der Waals surface area contributed by atoms with E-state index in [2.05, 4.69) is 32.1 Å². The summed E-state index contributed by atoms with van der Waals surface area (Å²) in [7, 11) is 0. The summed E-state index contributed by atoms with van der Waals surface area (Å²) in [6, 6.07) is 18.9. The van der Waals surface area contributed by atoms with Gasteiger partial charge < -0.3 is 10.1 Å². The van der Waals surface area contributed by atoms with Crippen LogP contribution in [0.3, 0.4) is 0 Å². The molecule has 12 heteroatoms. The first-order valence-corrected chi connectivity index (χ1v) is 14.8. The molecule has 0 aliphatic rings. The molecule has 0 aliphatic carbocycles. The number of nitrogens with one attached hydrogen (secondary N) is 1. The maximum Gasteiger partial charge on any atom is 0.573 e. The fourth-order valence-electron chi connectivity index (χ4n) is 4.96. The number of para-hydroxylation sites is 1. The van der Waals surface area contributed by atoms with Crippen LogP contribution < -0.4 is 14.9 Å². The lowest BCUT2D eigenvalue weighted by Crippen LogP contribution is -2.28. The number of halogens is 3. The summed E-state index contributed by atoms with van der Waals surface area (Å²) >= 11 is 1.43. The monoisotopic (exact) mass is 620 g/mol. The van der Waals surface area contributed by atoms with Crippen molar-refractivity contribution in [1.82, 2.24) is 24.6 Å². The molecule has 5 aromatic rings. The summed E-state index contributed by atoms with van der Waals surface area (Å²) in [6.07, 6.45) is -2.45. The van der Waals surface area contributed by atoms with Crippen LogP contribution in [0.2, 0.25) is 0 Å². The number of aryl methyl sites for hydroxylation is 3. The Morgan fingerprint density at radius 1 is 1.02 bits per heavy atom. The predicted octanol–water partition coefficient (Wildman–Crippen LogP) is 7.41. The van der Waals surface area contributed by atoms with E-state index in [1.165, 1.54) is 46.6 Å². The minimum Gasteiger partial charge on any atom is -0.406 e. The number of thiazole rings is 1. The van der Waals surface area contributed by atoms with Crippen molar-refractivity contribution in [3.63, 3.8) is 0 Å². The third kappa shape index (κ3) is 7.08. The molecule has 3 aromatic carbocycles. The van der Waals surface area contributed by atoms with Crippen molar-refractivity contribution in [2.24, 2.45) is 4.99 Å². The summed E-state index contributed by atoms with van der Waals surface area (Å²) in [5, 5.41) is 9.43. The van der Waals surface area contributed by atoms with Gasteiger partial charge in [0.15, 0.2) is 10.6 Å². The van der Waals surface area contributed by atoms with E-state index in [-0.39, 0.29) is 11.7 Å². The lowest BCUT2D eigenvalue weighted by atomic mass is 9.95. The van der Waals surface area contributed by atoms with Gasteiger partial charge in [-0.1, -0.05) is 49.4 Å². The van der Waals surface area contributed by atoms with Gasteiger partial charge in [0, 0.05) is 29.1 Å². The Morgan fingerprint density at radius 2 is 1.70 bits per heavy atom. The Labute approximate surface area is 256 Å². The van der Waals surface area contributed by atoms with Crippen molar-refractivity contribution < 1.29 is 22.7 Å². The second-order valence-corrected chi connectivity index (χ2v) is 11.2. The Balaban J connectivity index is 1.25. The fourth-order valence-corrected chi connectivity index (χ4v) is 5.82. The highest BCUT2D eigenvalue weighted by Crippen LogP contribution is 2.26. The topological polar surface area (TPSA) is 86.3 Å². The molecule has 1 N–H and O–H groups in total. The van der Waals surface area contributed by atoms with Crippen molar-refractivity contribution in [1.29, 1.82) is 0 Å². The van der Waals surface area contributed by atoms with Crippen molar-refractivity contribution >= 4 is 17.4 Å². The number of hydrogen-bond acceptors (Lipinski definition) is 5. The van der Waals surface area contributed by atoms with E-state index in [0.717, 1.165) is 40.1 Å². The highest BCUT2D eigenvalue weighted by atomic mass is 32.1. The molecule has 0 saturated carbocycles. The van der Waals surface area contributed by atoms with Gasteiger partial charge in [-0.2, -0.15) is 4.99 Å². The van der Waals surface area contributed by atoms with Gasteiger partial charge in [0.2, 0.25) is 0 Å². The largest absolute Gasteiger partial charge is 0.573 e. The standard InChI is InChI=1S/C32H31F3N6O2S/c1-5-23(17-36-30(42)38-31-41(22(4)18-44-31)28-20(2)7-6-8-21(28)3)24-9-11-25(12-10-24)29-37-19-40(39-29)26-13-15-27(16-14-26)43-32(33,34)35/h6-16,18-19,23H,5,17H2,1-4H3,(H,36,42)/b38-31-. The molecule has 2 aromatic heterocycles. The third-order valence-electron chi connectivity index (χ3n) is 7.20. The molecule has 228 valence electrons. The predicted molar refractivity (Wildman–Crippen MR) is 163 cm³/mol. The highest BCUT2D eigenvalue weighted by molar-refractivity contribution is 7.07. The normalized spacial score (nSPS) is 12.8. The van der Waals surface area contributed by atoms with E-state index >= 15 is 0 Å². The van der Waals surface area contributed by atoms with Crippen LogP contribution in [-0.4, -0.2) is 38.3 Å². The molecule has 5 rings (SSSR count).